The average molecular weight is 401 g/mol. The molecule has 7 nitrogen and oxygen atoms in total. The summed E-state index contributed by atoms with van der Waals surface area (Å²) >= 11 is 5.87. The van der Waals surface area contributed by atoms with Gasteiger partial charge in [0.1, 0.15) is 23.2 Å². The van der Waals surface area contributed by atoms with Crippen molar-refractivity contribution in [3.8, 4) is 17.4 Å². The van der Waals surface area contributed by atoms with Gasteiger partial charge >= 0.3 is 5.97 Å². The van der Waals surface area contributed by atoms with Gasteiger partial charge in [0.25, 0.3) is 5.91 Å². The highest BCUT2D eigenvalue weighted by Crippen LogP contribution is 2.27. The van der Waals surface area contributed by atoms with E-state index >= 15 is 0 Å². The van der Waals surface area contributed by atoms with Crippen LogP contribution in [0.1, 0.15) is 29.0 Å². The third-order valence-electron chi connectivity index (χ3n) is 4.27. The fourth-order valence-corrected chi connectivity index (χ4v) is 3.02. The van der Waals surface area contributed by atoms with Crippen LogP contribution in [0.2, 0.25) is 5.02 Å². The van der Waals surface area contributed by atoms with Gasteiger partial charge in [-0.15, -0.1) is 0 Å². The fraction of sp³-hybridized carbons (Fsp3) is 0.250. The van der Waals surface area contributed by atoms with Crippen molar-refractivity contribution in [1.82, 2.24) is 5.32 Å². The Kier molecular flexibility index (Phi) is 6.14. The summed E-state index contributed by atoms with van der Waals surface area (Å²) in [6.07, 6.45) is 3.16. The number of carbonyl (C=O) groups excluding carboxylic acids is 1. The minimum Gasteiger partial charge on any atom is -0.478 e. The molecule has 1 amide bonds. The van der Waals surface area contributed by atoms with Crippen LogP contribution < -0.4 is 5.32 Å². The monoisotopic (exact) mass is 400 g/mol. The number of furan rings is 1. The summed E-state index contributed by atoms with van der Waals surface area (Å²) < 4.78 is 11.1. The van der Waals surface area contributed by atoms with E-state index in [1.165, 1.54) is 18.2 Å². The topological polar surface area (TPSA) is 113 Å². The molecule has 1 fully saturated rings. The third kappa shape index (κ3) is 4.60. The van der Waals surface area contributed by atoms with E-state index in [0.717, 1.165) is 12.8 Å². The van der Waals surface area contributed by atoms with Gasteiger partial charge in [-0.2, -0.15) is 5.26 Å². The molecule has 3 rings (SSSR count). The van der Waals surface area contributed by atoms with E-state index in [4.69, 9.17) is 25.9 Å². The Morgan fingerprint density at radius 2 is 2.18 bits per heavy atom. The Balaban J connectivity index is 1.74. The summed E-state index contributed by atoms with van der Waals surface area (Å²) in [5, 5.41) is 21.2. The zero-order chi connectivity index (χ0) is 20.1. The number of aromatic carboxylic acids is 1. The number of hydrogen-bond donors (Lipinski definition) is 2. The highest BCUT2D eigenvalue weighted by Gasteiger charge is 2.18. The summed E-state index contributed by atoms with van der Waals surface area (Å²) in [6.45, 7) is 1.04. The zero-order valence-corrected chi connectivity index (χ0v) is 15.5. The molecule has 8 heteroatoms. The van der Waals surface area contributed by atoms with Crippen LogP contribution in [0.25, 0.3) is 17.4 Å². The van der Waals surface area contributed by atoms with E-state index in [0.29, 0.717) is 30.2 Å². The SMILES string of the molecule is N#C/C(=C\c1ccc(-c2ccc(Cl)c(C(=O)O)c2)o1)C(=O)NC[C@H]1CCCO1. The standard InChI is InChI=1S/C20H17ClN2O5/c21-17-5-3-12(9-16(17)20(25)26)18-6-4-14(28-18)8-13(10-22)19(24)23-11-15-2-1-7-27-15/h3-6,8-9,15H,1-2,7,11H2,(H,23,24)(H,25,26)/b13-8+/t15-/m1/s1. The molecule has 1 aliphatic heterocycles. The molecule has 0 aliphatic carbocycles. The Labute approximate surface area is 166 Å². The van der Waals surface area contributed by atoms with Crippen molar-refractivity contribution in [3.05, 3.63) is 52.3 Å². The van der Waals surface area contributed by atoms with Crippen molar-refractivity contribution in [2.75, 3.05) is 13.2 Å². The normalized spacial score (nSPS) is 16.6. The Hall–Kier alpha value is -3.08. The van der Waals surface area contributed by atoms with Gasteiger partial charge in [0.15, 0.2) is 0 Å². The van der Waals surface area contributed by atoms with E-state index in [-0.39, 0.29) is 22.3 Å². The van der Waals surface area contributed by atoms with Crippen LogP contribution in [0.3, 0.4) is 0 Å². The molecule has 0 unspecified atom stereocenters. The third-order valence-corrected chi connectivity index (χ3v) is 4.60. The average Bonchev–Trinajstić information content (AvgIpc) is 3.36. The van der Waals surface area contributed by atoms with Gasteiger partial charge in [-0.25, -0.2) is 4.79 Å². The lowest BCUT2D eigenvalue weighted by atomic mass is 10.1. The summed E-state index contributed by atoms with van der Waals surface area (Å²) in [4.78, 5) is 23.4. The number of rotatable bonds is 6. The van der Waals surface area contributed by atoms with Crippen molar-refractivity contribution in [3.63, 3.8) is 0 Å². The van der Waals surface area contributed by atoms with Crippen LogP contribution in [0.5, 0.6) is 0 Å². The van der Waals surface area contributed by atoms with Crippen molar-refractivity contribution >= 4 is 29.6 Å². The van der Waals surface area contributed by atoms with Crippen molar-refractivity contribution in [2.45, 2.75) is 18.9 Å². The number of nitrogens with one attached hydrogen (secondary N) is 1. The summed E-state index contributed by atoms with van der Waals surface area (Å²) in [5.41, 5.74) is 0.378. The maximum atomic E-state index is 12.2. The molecule has 1 aromatic carbocycles. The first-order chi connectivity index (χ1) is 13.5. The van der Waals surface area contributed by atoms with Crippen molar-refractivity contribution in [1.29, 1.82) is 5.26 Å². The molecule has 0 radical (unpaired) electrons. The second-order valence-electron chi connectivity index (χ2n) is 6.22. The number of nitrogens with zero attached hydrogens (tertiary/aromatic N) is 1. The van der Waals surface area contributed by atoms with Crippen LogP contribution in [0.15, 0.2) is 40.3 Å². The van der Waals surface area contributed by atoms with Gasteiger partial charge in [0.2, 0.25) is 0 Å². The largest absolute Gasteiger partial charge is 0.478 e. The van der Waals surface area contributed by atoms with E-state index in [9.17, 15) is 14.9 Å². The highest BCUT2D eigenvalue weighted by atomic mass is 35.5. The van der Waals surface area contributed by atoms with E-state index in [1.807, 2.05) is 6.07 Å². The quantitative estimate of drug-likeness (QED) is 0.566. The van der Waals surface area contributed by atoms with E-state index < -0.39 is 11.9 Å². The summed E-state index contributed by atoms with van der Waals surface area (Å²) in [5.74, 6) is -0.961. The first-order valence-electron chi connectivity index (χ1n) is 8.62. The molecule has 1 saturated heterocycles. The molecule has 2 N–H and O–H groups in total. The zero-order valence-electron chi connectivity index (χ0n) is 14.8. The lowest BCUT2D eigenvalue weighted by Gasteiger charge is -2.09. The number of amides is 1. The maximum Gasteiger partial charge on any atom is 0.337 e. The first-order valence-corrected chi connectivity index (χ1v) is 9.00. The smallest absolute Gasteiger partial charge is 0.337 e. The molecular weight excluding hydrogens is 384 g/mol. The predicted octanol–water partition coefficient (Wildman–Crippen LogP) is 3.50. The van der Waals surface area contributed by atoms with Gasteiger partial charge in [-0.05, 0) is 43.2 Å². The molecule has 2 heterocycles. The minimum absolute atomic E-state index is 0.0209. The van der Waals surface area contributed by atoms with Crippen LogP contribution in [0.4, 0.5) is 0 Å². The number of benzene rings is 1. The number of carboxylic acid groups (broad SMARTS) is 1. The predicted molar refractivity (Wildman–Crippen MR) is 102 cm³/mol. The molecule has 0 bridgehead atoms. The molecule has 0 saturated carbocycles. The number of ether oxygens (including phenoxy) is 1. The Morgan fingerprint density at radius 3 is 2.86 bits per heavy atom. The highest BCUT2D eigenvalue weighted by molar-refractivity contribution is 6.33. The van der Waals surface area contributed by atoms with Crippen LogP contribution in [0, 0.1) is 11.3 Å². The van der Waals surface area contributed by atoms with Crippen LogP contribution in [-0.4, -0.2) is 36.2 Å². The molecule has 1 aromatic heterocycles. The lowest BCUT2D eigenvalue weighted by molar-refractivity contribution is -0.117. The van der Waals surface area contributed by atoms with E-state index in [2.05, 4.69) is 5.32 Å². The molecule has 28 heavy (non-hydrogen) atoms. The number of nitriles is 1. The second-order valence-corrected chi connectivity index (χ2v) is 6.62. The molecule has 0 spiro atoms. The van der Waals surface area contributed by atoms with E-state index in [1.54, 1.807) is 18.2 Å². The maximum absolute atomic E-state index is 12.2. The summed E-state index contributed by atoms with van der Waals surface area (Å²) in [7, 11) is 0. The number of hydrogen-bond acceptors (Lipinski definition) is 5. The molecule has 2 aromatic rings. The molecule has 1 aliphatic rings. The molecular formula is C20H17ClN2O5. The van der Waals surface area contributed by atoms with Crippen LogP contribution >= 0.6 is 11.6 Å². The van der Waals surface area contributed by atoms with Crippen molar-refractivity contribution in [2.24, 2.45) is 0 Å². The van der Waals surface area contributed by atoms with Gasteiger partial charge in [0.05, 0.1) is 16.7 Å². The van der Waals surface area contributed by atoms with Gasteiger partial charge in [-0.1, -0.05) is 11.6 Å². The Morgan fingerprint density at radius 1 is 1.36 bits per heavy atom. The van der Waals surface area contributed by atoms with Gasteiger partial charge in [0, 0.05) is 24.8 Å². The fourth-order valence-electron chi connectivity index (χ4n) is 2.83. The molecule has 1 atom stereocenters. The molecule has 144 valence electrons. The van der Waals surface area contributed by atoms with Gasteiger partial charge in [-0.3, -0.25) is 4.79 Å². The number of halogens is 1. The van der Waals surface area contributed by atoms with Gasteiger partial charge < -0.3 is 19.6 Å². The lowest BCUT2D eigenvalue weighted by Crippen LogP contribution is -2.32. The number of carboxylic acids is 1. The first kappa shape index (κ1) is 19.7. The Bertz CT molecular complexity index is 967. The van der Waals surface area contributed by atoms with Crippen LogP contribution in [-0.2, 0) is 9.53 Å². The number of carbonyl (C=O) groups is 2. The second kappa shape index (κ2) is 8.74. The van der Waals surface area contributed by atoms with Crippen molar-refractivity contribution < 1.29 is 23.8 Å². The minimum atomic E-state index is -1.15. The summed E-state index contributed by atoms with van der Waals surface area (Å²) in [6, 6.07) is 9.57.